The molecule has 1 saturated heterocycles. The maximum atomic E-state index is 11.6. The fraction of sp³-hybridized carbons (Fsp3) is 0.692. The first-order chi connectivity index (χ1) is 10.5. The van der Waals surface area contributed by atoms with E-state index in [4.69, 9.17) is 26.4 Å². The van der Waals surface area contributed by atoms with E-state index < -0.39 is 24.5 Å². The van der Waals surface area contributed by atoms with E-state index >= 15 is 0 Å². The van der Waals surface area contributed by atoms with Crippen LogP contribution < -0.4 is 5.56 Å². The van der Waals surface area contributed by atoms with E-state index in [-0.39, 0.29) is 23.5 Å². The summed E-state index contributed by atoms with van der Waals surface area (Å²) >= 11 is 5.14. The van der Waals surface area contributed by atoms with Crippen LogP contribution >= 0.6 is 12.2 Å². The lowest BCUT2D eigenvalue weighted by Gasteiger charge is -2.23. The van der Waals surface area contributed by atoms with Gasteiger partial charge in [-0.15, -0.1) is 0 Å². The Bertz CT molecular complexity index is 615. The van der Waals surface area contributed by atoms with Crippen LogP contribution in [0.5, 0.6) is 0 Å². The number of nitrogens with zero attached hydrogens (tertiary/aromatic N) is 1. The Hall–Kier alpha value is -1.10. The molecule has 2 rings (SSSR count). The van der Waals surface area contributed by atoms with Gasteiger partial charge in [-0.25, -0.2) is 0 Å². The van der Waals surface area contributed by atoms with Gasteiger partial charge in [0.1, 0.15) is 18.3 Å². The second-order valence-electron chi connectivity index (χ2n) is 5.05. The largest absolute Gasteiger partial charge is 0.394 e. The van der Waals surface area contributed by atoms with Crippen molar-refractivity contribution in [2.75, 3.05) is 26.9 Å². The Morgan fingerprint density at radius 2 is 2.23 bits per heavy atom. The molecule has 1 aliphatic rings. The molecule has 0 aliphatic carbocycles. The molecule has 0 unspecified atom stereocenters. The molecule has 1 aliphatic heterocycles. The second kappa shape index (κ2) is 7.44. The van der Waals surface area contributed by atoms with Gasteiger partial charge in [0.2, 0.25) is 0 Å². The molecular weight excluding hydrogens is 312 g/mol. The molecule has 1 fully saturated rings. The van der Waals surface area contributed by atoms with Gasteiger partial charge in [-0.3, -0.25) is 14.3 Å². The summed E-state index contributed by atoms with van der Waals surface area (Å²) in [4.78, 5) is 14.1. The zero-order valence-corrected chi connectivity index (χ0v) is 13.2. The highest BCUT2D eigenvalue weighted by molar-refractivity contribution is 7.71. The molecule has 0 saturated carbocycles. The predicted octanol–water partition coefficient (Wildman–Crippen LogP) is -0.503. The molecule has 1 aromatic rings. The van der Waals surface area contributed by atoms with Gasteiger partial charge in [0.05, 0.1) is 19.8 Å². The van der Waals surface area contributed by atoms with Crippen molar-refractivity contribution in [2.45, 2.75) is 31.5 Å². The van der Waals surface area contributed by atoms with Crippen molar-refractivity contribution in [3.63, 3.8) is 0 Å². The highest BCUT2D eigenvalue weighted by Gasteiger charge is 2.45. The molecule has 0 amide bonds. The topological polar surface area (TPSA) is 106 Å². The molecule has 0 radical (unpaired) electrons. The van der Waals surface area contributed by atoms with Crippen LogP contribution in [0.4, 0.5) is 0 Å². The third-order valence-corrected chi connectivity index (χ3v) is 3.82. The van der Waals surface area contributed by atoms with Crippen molar-refractivity contribution in [1.82, 2.24) is 9.55 Å². The lowest BCUT2D eigenvalue weighted by atomic mass is 10.1. The van der Waals surface area contributed by atoms with Gasteiger partial charge >= 0.3 is 0 Å². The molecule has 4 atom stereocenters. The Morgan fingerprint density at radius 1 is 1.50 bits per heavy atom. The summed E-state index contributed by atoms with van der Waals surface area (Å²) in [6, 6.07) is 0. The number of aromatic amines is 1. The van der Waals surface area contributed by atoms with Crippen LogP contribution in [0.2, 0.25) is 0 Å². The van der Waals surface area contributed by atoms with Gasteiger partial charge in [0.15, 0.2) is 11.0 Å². The molecule has 0 spiro atoms. The number of methoxy groups -OCH3 is 1. The number of hydrogen-bond acceptors (Lipinski definition) is 7. The van der Waals surface area contributed by atoms with E-state index in [1.165, 1.54) is 4.57 Å². The van der Waals surface area contributed by atoms with Gasteiger partial charge < -0.3 is 24.4 Å². The molecule has 2 heterocycles. The van der Waals surface area contributed by atoms with E-state index in [2.05, 4.69) is 4.98 Å². The maximum Gasteiger partial charge on any atom is 0.254 e. The molecule has 3 N–H and O–H groups in total. The first-order valence-electron chi connectivity index (χ1n) is 6.86. The number of aliphatic hydroxyl groups is 2. The highest BCUT2D eigenvalue weighted by Crippen LogP contribution is 2.31. The number of aryl methyl sites for hydroxylation is 1. The van der Waals surface area contributed by atoms with Gasteiger partial charge in [-0.2, -0.15) is 0 Å². The summed E-state index contributed by atoms with van der Waals surface area (Å²) in [5.74, 6) is 0. The Morgan fingerprint density at radius 3 is 2.86 bits per heavy atom. The van der Waals surface area contributed by atoms with Crippen molar-refractivity contribution < 1.29 is 24.4 Å². The molecule has 1 aromatic heterocycles. The number of H-pyrrole nitrogens is 1. The molecule has 0 bridgehead atoms. The molecule has 22 heavy (non-hydrogen) atoms. The van der Waals surface area contributed by atoms with E-state index in [0.29, 0.717) is 12.2 Å². The molecule has 0 aromatic carbocycles. The fourth-order valence-electron chi connectivity index (χ4n) is 2.32. The van der Waals surface area contributed by atoms with Crippen LogP contribution in [0.1, 0.15) is 11.8 Å². The highest BCUT2D eigenvalue weighted by atomic mass is 32.1. The lowest BCUT2D eigenvalue weighted by molar-refractivity contribution is -0.0812. The maximum absolute atomic E-state index is 11.6. The minimum absolute atomic E-state index is 0.159. The van der Waals surface area contributed by atoms with Gasteiger partial charge in [-0.05, 0) is 19.1 Å². The van der Waals surface area contributed by atoms with Crippen molar-refractivity contribution in [3.8, 4) is 0 Å². The number of aliphatic hydroxyl groups excluding tert-OH is 2. The van der Waals surface area contributed by atoms with Crippen LogP contribution in [-0.4, -0.2) is 65.0 Å². The number of hydrogen-bond donors (Lipinski definition) is 3. The molecule has 9 heteroatoms. The zero-order chi connectivity index (χ0) is 16.3. The third-order valence-electron chi connectivity index (χ3n) is 3.51. The second-order valence-corrected chi connectivity index (χ2v) is 5.43. The smallest absolute Gasteiger partial charge is 0.254 e. The molecule has 124 valence electrons. The number of rotatable bonds is 6. The van der Waals surface area contributed by atoms with E-state index in [9.17, 15) is 15.0 Å². The van der Waals surface area contributed by atoms with Crippen LogP contribution in [0.15, 0.2) is 11.0 Å². The molecular formula is C13H20N2O6S. The zero-order valence-electron chi connectivity index (χ0n) is 12.4. The summed E-state index contributed by atoms with van der Waals surface area (Å²) in [7, 11) is 1.54. The normalized spacial score (nSPS) is 28.2. The minimum atomic E-state index is -1.01. The third kappa shape index (κ3) is 3.45. The Kier molecular flexibility index (Phi) is 5.84. The lowest BCUT2D eigenvalue weighted by Crippen LogP contribution is -2.36. The predicted molar refractivity (Wildman–Crippen MR) is 79.2 cm³/mol. The number of ether oxygens (including phenoxy) is 3. The first kappa shape index (κ1) is 17.3. The fourth-order valence-corrected chi connectivity index (χ4v) is 2.57. The Balaban J connectivity index is 2.31. The Labute approximate surface area is 132 Å². The van der Waals surface area contributed by atoms with Gasteiger partial charge in [0.25, 0.3) is 5.56 Å². The first-order valence-corrected chi connectivity index (χ1v) is 7.27. The minimum Gasteiger partial charge on any atom is -0.394 e. The van der Waals surface area contributed by atoms with E-state index in [1.807, 2.05) is 0 Å². The van der Waals surface area contributed by atoms with Gasteiger partial charge in [0, 0.05) is 18.9 Å². The van der Waals surface area contributed by atoms with E-state index in [1.54, 1.807) is 20.2 Å². The number of nitrogens with one attached hydrogen (secondary N) is 1. The van der Waals surface area contributed by atoms with Crippen molar-refractivity contribution in [2.24, 2.45) is 0 Å². The summed E-state index contributed by atoms with van der Waals surface area (Å²) in [5, 5.41) is 19.5. The molecule has 8 nitrogen and oxygen atoms in total. The number of aromatic nitrogens is 2. The van der Waals surface area contributed by atoms with Crippen molar-refractivity contribution >= 4 is 12.2 Å². The SMILES string of the molecule is COCCO[C@@H]1[C@H](O)[C@@H](CO)O[C@H]1n1cc(C)c(=O)[nH]c1=S. The summed E-state index contributed by atoms with van der Waals surface area (Å²) in [6.45, 7) is 1.90. The monoisotopic (exact) mass is 332 g/mol. The average Bonchev–Trinajstić information content (AvgIpc) is 2.80. The quantitative estimate of drug-likeness (QED) is 0.476. The van der Waals surface area contributed by atoms with Crippen molar-refractivity contribution in [1.29, 1.82) is 0 Å². The standard InChI is InChI=1S/C13H20N2O6S/c1-7-5-15(13(22)14-11(7)18)12-10(20-4-3-19-2)9(17)8(6-16)21-12/h5,8-10,12,16-17H,3-4,6H2,1-2H3,(H,14,18,22)/t8-,9-,10-,12-/m1/s1. The van der Waals surface area contributed by atoms with Crippen LogP contribution in [-0.2, 0) is 14.2 Å². The van der Waals surface area contributed by atoms with Crippen molar-refractivity contribution in [3.05, 3.63) is 26.9 Å². The van der Waals surface area contributed by atoms with E-state index in [0.717, 1.165) is 0 Å². The van der Waals surface area contributed by atoms with Gasteiger partial charge in [-0.1, -0.05) is 0 Å². The average molecular weight is 332 g/mol. The summed E-state index contributed by atoms with van der Waals surface area (Å²) in [5.41, 5.74) is 0.171. The van der Waals surface area contributed by atoms with Crippen LogP contribution in [0.25, 0.3) is 0 Å². The summed E-state index contributed by atoms with van der Waals surface area (Å²) in [6.07, 6.45) is -1.73. The van der Waals surface area contributed by atoms with Crippen LogP contribution in [0.3, 0.4) is 0 Å². The van der Waals surface area contributed by atoms with Crippen LogP contribution in [0, 0.1) is 11.7 Å². The summed E-state index contributed by atoms with van der Waals surface area (Å²) < 4.78 is 17.8.